The molecule has 0 spiro atoms. The zero-order valence-corrected chi connectivity index (χ0v) is 9.81. The molecule has 0 saturated carbocycles. The van der Waals surface area contributed by atoms with E-state index in [1.807, 2.05) is 6.07 Å². The van der Waals surface area contributed by atoms with Crippen LogP contribution in [0, 0.1) is 0 Å². The number of nitrogens with one attached hydrogen (secondary N) is 2. The van der Waals surface area contributed by atoms with Crippen molar-refractivity contribution in [1.29, 1.82) is 0 Å². The van der Waals surface area contributed by atoms with E-state index in [1.54, 1.807) is 6.20 Å². The summed E-state index contributed by atoms with van der Waals surface area (Å²) in [4.78, 5) is 7.92. The quantitative estimate of drug-likeness (QED) is 0.783. The summed E-state index contributed by atoms with van der Waals surface area (Å²) in [6.07, 6.45) is 3.92. The number of anilines is 1. The number of halogens is 2. The monoisotopic (exact) mass is 248 g/mol. The van der Waals surface area contributed by atoms with Gasteiger partial charge in [-0.2, -0.15) is 0 Å². The van der Waals surface area contributed by atoms with Gasteiger partial charge in [0.05, 0.1) is 0 Å². The van der Waals surface area contributed by atoms with Gasteiger partial charge in [0.2, 0.25) is 5.28 Å². The SMILES string of the molecule is Cl.Clc1nccc(NC2CCNCC2)n1. The van der Waals surface area contributed by atoms with Crippen molar-refractivity contribution >= 4 is 29.8 Å². The maximum absolute atomic E-state index is 5.69. The first kappa shape index (κ1) is 12.5. The lowest BCUT2D eigenvalue weighted by atomic mass is 10.1. The zero-order chi connectivity index (χ0) is 9.80. The van der Waals surface area contributed by atoms with Crippen molar-refractivity contribution in [3.8, 4) is 0 Å². The summed E-state index contributed by atoms with van der Waals surface area (Å²) in [6.45, 7) is 2.13. The highest BCUT2D eigenvalue weighted by molar-refractivity contribution is 6.28. The smallest absolute Gasteiger partial charge is 0.224 e. The van der Waals surface area contributed by atoms with Crippen LogP contribution in [0.1, 0.15) is 12.8 Å². The van der Waals surface area contributed by atoms with Gasteiger partial charge in [-0.25, -0.2) is 9.97 Å². The first-order valence-corrected chi connectivity index (χ1v) is 5.18. The summed E-state index contributed by atoms with van der Waals surface area (Å²) in [5.74, 6) is 0.817. The van der Waals surface area contributed by atoms with Crippen LogP contribution in [0.5, 0.6) is 0 Å². The predicted molar refractivity (Wildman–Crippen MR) is 63.8 cm³/mol. The van der Waals surface area contributed by atoms with E-state index in [2.05, 4.69) is 20.6 Å². The number of rotatable bonds is 2. The molecule has 84 valence electrons. The van der Waals surface area contributed by atoms with Crippen LogP contribution in [0.15, 0.2) is 12.3 Å². The first-order valence-electron chi connectivity index (χ1n) is 4.80. The second-order valence-corrected chi connectivity index (χ2v) is 3.72. The molecule has 1 aliphatic rings. The molecule has 0 atom stereocenters. The number of hydrogen-bond donors (Lipinski definition) is 2. The molecule has 0 radical (unpaired) electrons. The molecule has 0 aromatic carbocycles. The topological polar surface area (TPSA) is 49.8 Å². The van der Waals surface area contributed by atoms with Gasteiger partial charge in [-0.3, -0.25) is 0 Å². The molecule has 4 nitrogen and oxygen atoms in total. The van der Waals surface area contributed by atoms with Crippen LogP contribution in [0.25, 0.3) is 0 Å². The molecule has 1 aliphatic heterocycles. The molecule has 1 saturated heterocycles. The Morgan fingerprint density at radius 1 is 1.40 bits per heavy atom. The van der Waals surface area contributed by atoms with Gasteiger partial charge in [-0.1, -0.05) is 0 Å². The molecule has 0 aliphatic carbocycles. The summed E-state index contributed by atoms with van der Waals surface area (Å²) in [5, 5.41) is 6.95. The van der Waals surface area contributed by atoms with E-state index in [9.17, 15) is 0 Å². The summed E-state index contributed by atoms with van der Waals surface area (Å²) < 4.78 is 0. The molecular weight excluding hydrogens is 235 g/mol. The third kappa shape index (κ3) is 3.81. The highest BCUT2D eigenvalue weighted by Crippen LogP contribution is 2.11. The largest absolute Gasteiger partial charge is 0.367 e. The maximum Gasteiger partial charge on any atom is 0.224 e. The fourth-order valence-corrected chi connectivity index (χ4v) is 1.74. The summed E-state index contributed by atoms with van der Waals surface area (Å²) in [5.41, 5.74) is 0. The van der Waals surface area contributed by atoms with Crippen LogP contribution < -0.4 is 10.6 Å². The van der Waals surface area contributed by atoms with E-state index in [4.69, 9.17) is 11.6 Å². The van der Waals surface area contributed by atoms with Crippen molar-refractivity contribution in [1.82, 2.24) is 15.3 Å². The molecular formula is C9H14Cl2N4. The van der Waals surface area contributed by atoms with E-state index < -0.39 is 0 Å². The van der Waals surface area contributed by atoms with Crippen molar-refractivity contribution in [3.05, 3.63) is 17.5 Å². The highest BCUT2D eigenvalue weighted by Gasteiger charge is 2.12. The minimum Gasteiger partial charge on any atom is -0.367 e. The van der Waals surface area contributed by atoms with E-state index in [0.717, 1.165) is 31.7 Å². The van der Waals surface area contributed by atoms with E-state index in [-0.39, 0.29) is 12.4 Å². The van der Waals surface area contributed by atoms with Gasteiger partial charge in [0.25, 0.3) is 0 Å². The molecule has 1 aromatic heterocycles. The molecule has 6 heteroatoms. The fourth-order valence-electron chi connectivity index (χ4n) is 1.59. The van der Waals surface area contributed by atoms with Gasteiger partial charge in [-0.15, -0.1) is 12.4 Å². The van der Waals surface area contributed by atoms with Crippen LogP contribution in [0.4, 0.5) is 5.82 Å². The van der Waals surface area contributed by atoms with Crippen molar-refractivity contribution in [2.45, 2.75) is 18.9 Å². The lowest BCUT2D eigenvalue weighted by Gasteiger charge is -2.23. The number of hydrogen-bond acceptors (Lipinski definition) is 4. The molecule has 1 fully saturated rings. The minimum atomic E-state index is 0. The Balaban J connectivity index is 0.00000112. The third-order valence-electron chi connectivity index (χ3n) is 2.32. The van der Waals surface area contributed by atoms with Crippen LogP contribution in [-0.2, 0) is 0 Å². The van der Waals surface area contributed by atoms with E-state index in [1.165, 1.54) is 0 Å². The van der Waals surface area contributed by atoms with Crippen LogP contribution in [0.3, 0.4) is 0 Å². The Hall–Kier alpha value is -0.580. The normalized spacial score (nSPS) is 16.9. The van der Waals surface area contributed by atoms with Crippen molar-refractivity contribution in [2.75, 3.05) is 18.4 Å². The van der Waals surface area contributed by atoms with Crippen molar-refractivity contribution < 1.29 is 0 Å². The average Bonchev–Trinajstić information content (AvgIpc) is 2.19. The molecule has 0 bridgehead atoms. The van der Waals surface area contributed by atoms with E-state index in [0.29, 0.717) is 11.3 Å². The highest BCUT2D eigenvalue weighted by atomic mass is 35.5. The Morgan fingerprint density at radius 3 is 2.80 bits per heavy atom. The van der Waals surface area contributed by atoms with Gasteiger partial charge in [0.1, 0.15) is 5.82 Å². The van der Waals surface area contributed by atoms with Crippen LogP contribution >= 0.6 is 24.0 Å². The van der Waals surface area contributed by atoms with Crippen LogP contribution in [0.2, 0.25) is 5.28 Å². The lowest BCUT2D eigenvalue weighted by Crippen LogP contribution is -2.35. The standard InChI is InChI=1S/C9H13ClN4.ClH/c10-9-12-6-3-8(14-9)13-7-1-4-11-5-2-7;/h3,6-7,11H,1-2,4-5H2,(H,12,13,14);1H. The number of aromatic nitrogens is 2. The van der Waals surface area contributed by atoms with Crippen LogP contribution in [-0.4, -0.2) is 29.1 Å². The second-order valence-electron chi connectivity index (χ2n) is 3.38. The van der Waals surface area contributed by atoms with Crippen molar-refractivity contribution in [2.24, 2.45) is 0 Å². The van der Waals surface area contributed by atoms with Gasteiger partial charge < -0.3 is 10.6 Å². The Morgan fingerprint density at radius 2 is 2.13 bits per heavy atom. The number of piperidine rings is 1. The Kier molecular flexibility index (Phi) is 5.08. The van der Waals surface area contributed by atoms with E-state index >= 15 is 0 Å². The zero-order valence-electron chi connectivity index (χ0n) is 8.24. The van der Waals surface area contributed by atoms with Gasteiger partial charge in [0, 0.05) is 12.2 Å². The number of nitrogens with zero attached hydrogens (tertiary/aromatic N) is 2. The molecule has 1 aromatic rings. The Bertz CT molecular complexity index is 302. The summed E-state index contributed by atoms with van der Waals surface area (Å²) in [6, 6.07) is 2.34. The molecule has 2 rings (SSSR count). The third-order valence-corrected chi connectivity index (χ3v) is 2.50. The lowest BCUT2D eigenvalue weighted by molar-refractivity contribution is 0.478. The van der Waals surface area contributed by atoms with Gasteiger partial charge in [-0.05, 0) is 43.6 Å². The predicted octanol–water partition coefficient (Wildman–Crippen LogP) is 1.72. The minimum absolute atomic E-state index is 0. The molecule has 0 amide bonds. The van der Waals surface area contributed by atoms with Gasteiger partial charge >= 0.3 is 0 Å². The molecule has 0 unspecified atom stereocenters. The molecule has 15 heavy (non-hydrogen) atoms. The Labute approximate surface area is 100 Å². The molecule has 2 heterocycles. The van der Waals surface area contributed by atoms with Crippen molar-refractivity contribution in [3.63, 3.8) is 0 Å². The first-order chi connectivity index (χ1) is 6.84. The summed E-state index contributed by atoms with van der Waals surface area (Å²) >= 11 is 5.69. The fraction of sp³-hybridized carbons (Fsp3) is 0.556. The molecule has 2 N–H and O–H groups in total. The maximum atomic E-state index is 5.69. The summed E-state index contributed by atoms with van der Waals surface area (Å²) in [7, 11) is 0. The second kappa shape index (κ2) is 6.10. The van der Waals surface area contributed by atoms with Gasteiger partial charge in [0.15, 0.2) is 0 Å². The average molecular weight is 249 g/mol.